The summed E-state index contributed by atoms with van der Waals surface area (Å²) in [6.45, 7) is 9.15. The summed E-state index contributed by atoms with van der Waals surface area (Å²) in [6, 6.07) is 0.721. The first-order valence-electron chi connectivity index (χ1n) is 6.11. The van der Waals surface area contributed by atoms with Gasteiger partial charge in [-0.05, 0) is 45.7 Å². The van der Waals surface area contributed by atoms with E-state index in [1.165, 1.54) is 32.5 Å². The van der Waals surface area contributed by atoms with Crippen LogP contribution < -0.4 is 5.32 Å². The zero-order valence-corrected chi connectivity index (χ0v) is 10.3. The van der Waals surface area contributed by atoms with E-state index in [4.69, 9.17) is 4.74 Å². The molecule has 0 aromatic rings. The highest BCUT2D eigenvalue weighted by atomic mass is 16.5. The highest BCUT2D eigenvalue weighted by Gasteiger charge is 2.34. The molecule has 3 atom stereocenters. The second-order valence-electron chi connectivity index (χ2n) is 5.59. The van der Waals surface area contributed by atoms with E-state index in [1.54, 1.807) is 7.11 Å². The normalized spacial score (nSPS) is 35.8. The minimum Gasteiger partial charge on any atom is -0.377 e. The molecule has 3 heteroatoms. The molecule has 2 aliphatic rings. The zero-order valence-electron chi connectivity index (χ0n) is 10.3. The van der Waals surface area contributed by atoms with Crippen LogP contribution in [0.1, 0.15) is 26.7 Å². The second-order valence-corrected chi connectivity index (χ2v) is 5.59. The molecule has 2 heterocycles. The van der Waals surface area contributed by atoms with Crippen LogP contribution in [-0.4, -0.2) is 49.8 Å². The van der Waals surface area contributed by atoms with Crippen LogP contribution in [0.5, 0.6) is 0 Å². The number of hydrogen-bond donors (Lipinski definition) is 1. The molecule has 0 spiro atoms. The van der Waals surface area contributed by atoms with Gasteiger partial charge in [0.15, 0.2) is 0 Å². The highest BCUT2D eigenvalue weighted by Crippen LogP contribution is 2.27. The van der Waals surface area contributed by atoms with Gasteiger partial charge in [0.1, 0.15) is 0 Å². The van der Waals surface area contributed by atoms with Gasteiger partial charge in [-0.3, -0.25) is 0 Å². The lowest BCUT2D eigenvalue weighted by Gasteiger charge is -2.34. The van der Waals surface area contributed by atoms with Crippen LogP contribution in [0.3, 0.4) is 0 Å². The lowest BCUT2D eigenvalue weighted by molar-refractivity contribution is 0.0180. The summed E-state index contributed by atoms with van der Waals surface area (Å²) in [4.78, 5) is 2.59. The van der Waals surface area contributed by atoms with Gasteiger partial charge in [0, 0.05) is 26.2 Å². The van der Waals surface area contributed by atoms with Gasteiger partial charge >= 0.3 is 0 Å². The Hall–Kier alpha value is -0.120. The van der Waals surface area contributed by atoms with Gasteiger partial charge in [-0.1, -0.05) is 0 Å². The van der Waals surface area contributed by atoms with Crippen molar-refractivity contribution in [2.45, 2.75) is 38.3 Å². The average Bonchev–Trinajstić information content (AvgIpc) is 2.60. The average molecular weight is 212 g/mol. The number of nitrogens with one attached hydrogen (secondary N) is 1. The monoisotopic (exact) mass is 212 g/mol. The van der Waals surface area contributed by atoms with Crippen LogP contribution >= 0.6 is 0 Å². The quantitative estimate of drug-likeness (QED) is 0.755. The van der Waals surface area contributed by atoms with Gasteiger partial charge < -0.3 is 15.0 Å². The van der Waals surface area contributed by atoms with Crippen molar-refractivity contribution < 1.29 is 4.74 Å². The van der Waals surface area contributed by atoms with Crippen molar-refractivity contribution in [3.05, 3.63) is 0 Å². The van der Waals surface area contributed by atoms with Crippen LogP contribution in [0.15, 0.2) is 0 Å². The summed E-state index contributed by atoms with van der Waals surface area (Å²) in [5.74, 6) is 0.881. The molecule has 15 heavy (non-hydrogen) atoms. The molecule has 0 aliphatic carbocycles. The summed E-state index contributed by atoms with van der Waals surface area (Å²) in [6.07, 6.45) is 2.69. The number of ether oxygens (including phenoxy) is 1. The van der Waals surface area contributed by atoms with Crippen LogP contribution in [-0.2, 0) is 4.74 Å². The fraction of sp³-hybridized carbons (Fsp3) is 1.00. The zero-order chi connectivity index (χ0) is 10.9. The van der Waals surface area contributed by atoms with Crippen molar-refractivity contribution in [2.24, 2.45) is 5.92 Å². The van der Waals surface area contributed by atoms with E-state index < -0.39 is 0 Å². The molecule has 3 unspecified atom stereocenters. The Morgan fingerprint density at radius 3 is 2.80 bits per heavy atom. The maximum absolute atomic E-state index is 5.44. The van der Waals surface area contributed by atoms with Gasteiger partial charge in [-0.25, -0.2) is 0 Å². The predicted octanol–water partition coefficient (Wildman–Crippen LogP) is 1.10. The third kappa shape index (κ3) is 2.71. The maximum Gasteiger partial charge on any atom is 0.0746 e. The van der Waals surface area contributed by atoms with Gasteiger partial charge in [-0.15, -0.1) is 0 Å². The van der Waals surface area contributed by atoms with Crippen molar-refractivity contribution in [2.75, 3.05) is 33.3 Å². The summed E-state index contributed by atoms with van der Waals surface area (Å²) < 4.78 is 5.44. The molecule has 0 aromatic carbocycles. The Kier molecular flexibility index (Phi) is 3.33. The third-order valence-corrected chi connectivity index (χ3v) is 3.98. The second kappa shape index (κ2) is 4.40. The van der Waals surface area contributed by atoms with E-state index in [0.29, 0.717) is 0 Å². The topological polar surface area (TPSA) is 24.5 Å². The fourth-order valence-electron chi connectivity index (χ4n) is 2.67. The van der Waals surface area contributed by atoms with Crippen molar-refractivity contribution in [3.8, 4) is 0 Å². The molecule has 2 fully saturated rings. The molecule has 0 aromatic heterocycles. The van der Waals surface area contributed by atoms with Gasteiger partial charge in [-0.2, -0.15) is 0 Å². The number of fused-ring (bicyclic) bond motifs is 2. The van der Waals surface area contributed by atoms with Gasteiger partial charge in [0.25, 0.3) is 0 Å². The molecule has 2 aliphatic heterocycles. The molecule has 0 radical (unpaired) electrons. The Morgan fingerprint density at radius 1 is 1.33 bits per heavy atom. The molecule has 3 nitrogen and oxygen atoms in total. The smallest absolute Gasteiger partial charge is 0.0746 e. The standard InChI is InChI=1S/C12H24N2O/c1-12(2,15-3)9-13-11-5-7-14-6-4-10(11)8-14/h10-11,13H,4-9H2,1-3H3. The van der Waals surface area contributed by atoms with Crippen LogP contribution in [0.2, 0.25) is 0 Å². The van der Waals surface area contributed by atoms with Gasteiger partial charge in [0.05, 0.1) is 5.60 Å². The van der Waals surface area contributed by atoms with E-state index in [1.807, 2.05) is 0 Å². The summed E-state index contributed by atoms with van der Waals surface area (Å²) in [7, 11) is 1.79. The molecule has 2 bridgehead atoms. The number of rotatable bonds is 4. The lowest BCUT2D eigenvalue weighted by Crippen LogP contribution is -2.48. The van der Waals surface area contributed by atoms with E-state index in [2.05, 4.69) is 24.1 Å². The first-order valence-corrected chi connectivity index (χ1v) is 6.11. The highest BCUT2D eigenvalue weighted by molar-refractivity contribution is 4.91. The fourth-order valence-corrected chi connectivity index (χ4v) is 2.67. The molecule has 88 valence electrons. The summed E-state index contributed by atoms with van der Waals surface area (Å²) in [5.41, 5.74) is -0.0320. The van der Waals surface area contributed by atoms with E-state index in [0.717, 1.165) is 18.5 Å². The summed E-state index contributed by atoms with van der Waals surface area (Å²) in [5, 5.41) is 3.69. The van der Waals surface area contributed by atoms with Gasteiger partial charge in [0.2, 0.25) is 0 Å². The first-order chi connectivity index (χ1) is 7.11. The Balaban J connectivity index is 1.79. The van der Waals surface area contributed by atoms with Crippen LogP contribution in [0.4, 0.5) is 0 Å². The Labute approximate surface area is 93.2 Å². The van der Waals surface area contributed by atoms with E-state index >= 15 is 0 Å². The van der Waals surface area contributed by atoms with Crippen molar-refractivity contribution in [3.63, 3.8) is 0 Å². The molecule has 1 N–H and O–H groups in total. The molecular weight excluding hydrogens is 188 g/mol. The Morgan fingerprint density at radius 2 is 2.07 bits per heavy atom. The van der Waals surface area contributed by atoms with Crippen LogP contribution in [0.25, 0.3) is 0 Å². The SMILES string of the molecule is COC(C)(C)CNC1CCN2CCC1C2. The third-order valence-electron chi connectivity index (χ3n) is 3.98. The summed E-state index contributed by atoms with van der Waals surface area (Å²) >= 11 is 0. The minimum absolute atomic E-state index is 0.0320. The molecule has 2 saturated heterocycles. The lowest BCUT2D eigenvalue weighted by atomic mass is 9.93. The van der Waals surface area contributed by atoms with E-state index in [-0.39, 0.29) is 5.60 Å². The first kappa shape index (κ1) is 11.4. The molecule has 0 amide bonds. The number of piperidine rings is 1. The minimum atomic E-state index is -0.0320. The molecule has 0 saturated carbocycles. The number of hydrogen-bond acceptors (Lipinski definition) is 3. The number of nitrogens with zero attached hydrogens (tertiary/aromatic N) is 1. The molecular formula is C12H24N2O. The van der Waals surface area contributed by atoms with Crippen molar-refractivity contribution >= 4 is 0 Å². The van der Waals surface area contributed by atoms with Crippen molar-refractivity contribution in [1.29, 1.82) is 0 Å². The predicted molar refractivity (Wildman–Crippen MR) is 62.0 cm³/mol. The Bertz CT molecular complexity index is 218. The number of methoxy groups -OCH3 is 1. The largest absolute Gasteiger partial charge is 0.377 e. The van der Waals surface area contributed by atoms with Crippen LogP contribution in [0, 0.1) is 5.92 Å². The molecule has 2 rings (SSSR count). The van der Waals surface area contributed by atoms with E-state index in [9.17, 15) is 0 Å². The van der Waals surface area contributed by atoms with Crippen molar-refractivity contribution in [1.82, 2.24) is 10.2 Å². The maximum atomic E-state index is 5.44.